The van der Waals surface area contributed by atoms with Crippen LogP contribution in [0.25, 0.3) is 0 Å². The van der Waals surface area contributed by atoms with E-state index in [0.717, 1.165) is 15.1 Å². The molecule has 26 heavy (non-hydrogen) atoms. The van der Waals surface area contributed by atoms with Crippen molar-refractivity contribution in [1.82, 2.24) is 9.88 Å². The summed E-state index contributed by atoms with van der Waals surface area (Å²) < 4.78 is 0.837. The van der Waals surface area contributed by atoms with Gasteiger partial charge in [0.05, 0.1) is 12.6 Å². The minimum Gasteiger partial charge on any atom is -0.325 e. The molecule has 2 rings (SSSR count). The third-order valence-corrected chi connectivity index (χ3v) is 4.96. The van der Waals surface area contributed by atoms with Crippen molar-refractivity contribution in [3.05, 3.63) is 47.1 Å². The largest absolute Gasteiger partial charge is 0.325 e. The molecule has 1 heterocycles. The molecule has 0 bridgehead atoms. The van der Waals surface area contributed by atoms with Gasteiger partial charge in [0.1, 0.15) is 5.82 Å². The van der Waals surface area contributed by atoms with E-state index < -0.39 is 6.04 Å². The number of carbonyl (C=O) groups is 2. The Morgan fingerprint density at radius 3 is 2.69 bits per heavy atom. The lowest BCUT2D eigenvalue weighted by Crippen LogP contribution is -2.43. The van der Waals surface area contributed by atoms with E-state index in [9.17, 15) is 9.59 Å². The summed E-state index contributed by atoms with van der Waals surface area (Å²) in [5, 5.41) is 5.59. The molecule has 1 aromatic heterocycles. The van der Waals surface area contributed by atoms with Crippen molar-refractivity contribution in [3.63, 3.8) is 0 Å². The Balaban J connectivity index is 1.88. The fourth-order valence-corrected chi connectivity index (χ4v) is 2.84. The standard InChI is InChI=1S/C18H21BrN4O2S/c1-12(18(25)21-14-5-4-6-15(9-14)26-3)23(2)11-17(24)22-16-8-7-13(19)10-20-16/h4-10,12H,11H2,1-3H3,(H,21,25)(H,20,22,24). The monoisotopic (exact) mass is 436 g/mol. The van der Waals surface area contributed by atoms with Crippen molar-refractivity contribution < 1.29 is 9.59 Å². The average Bonchev–Trinajstić information content (AvgIpc) is 2.63. The van der Waals surface area contributed by atoms with Gasteiger partial charge in [0.2, 0.25) is 11.8 Å². The fraction of sp³-hybridized carbons (Fsp3) is 0.278. The van der Waals surface area contributed by atoms with E-state index in [1.807, 2.05) is 30.5 Å². The molecular weight excluding hydrogens is 416 g/mol. The molecule has 0 spiro atoms. The number of pyridine rings is 1. The van der Waals surface area contributed by atoms with E-state index in [1.165, 1.54) is 0 Å². The molecule has 8 heteroatoms. The smallest absolute Gasteiger partial charge is 0.241 e. The van der Waals surface area contributed by atoms with Gasteiger partial charge in [0, 0.05) is 21.3 Å². The first-order chi connectivity index (χ1) is 12.4. The van der Waals surface area contributed by atoms with Gasteiger partial charge in [-0.2, -0.15) is 0 Å². The maximum absolute atomic E-state index is 12.4. The number of likely N-dealkylation sites (N-methyl/N-ethyl adjacent to an activating group) is 1. The lowest BCUT2D eigenvalue weighted by atomic mass is 10.2. The highest BCUT2D eigenvalue weighted by Crippen LogP contribution is 2.19. The number of rotatable bonds is 7. The van der Waals surface area contributed by atoms with Crippen LogP contribution >= 0.6 is 27.7 Å². The van der Waals surface area contributed by atoms with Crippen LogP contribution < -0.4 is 10.6 Å². The van der Waals surface area contributed by atoms with Gasteiger partial charge in [-0.1, -0.05) is 6.07 Å². The first kappa shape index (κ1) is 20.4. The lowest BCUT2D eigenvalue weighted by Gasteiger charge is -2.23. The quantitative estimate of drug-likeness (QED) is 0.649. The molecular formula is C18H21BrN4O2S. The highest BCUT2D eigenvalue weighted by atomic mass is 79.9. The second kappa shape index (κ2) is 9.70. The summed E-state index contributed by atoms with van der Waals surface area (Å²) in [6.45, 7) is 1.84. The Bertz CT molecular complexity index is 770. The Morgan fingerprint density at radius 1 is 1.27 bits per heavy atom. The maximum atomic E-state index is 12.4. The minimum atomic E-state index is -0.462. The van der Waals surface area contributed by atoms with Crippen molar-refractivity contribution in [2.45, 2.75) is 17.9 Å². The number of hydrogen-bond acceptors (Lipinski definition) is 5. The Morgan fingerprint density at radius 2 is 2.04 bits per heavy atom. The van der Waals surface area contributed by atoms with Gasteiger partial charge in [0.15, 0.2) is 0 Å². The van der Waals surface area contributed by atoms with Crippen molar-refractivity contribution in [3.8, 4) is 0 Å². The SMILES string of the molecule is CSc1cccc(NC(=O)C(C)N(C)CC(=O)Nc2ccc(Br)cn2)c1. The minimum absolute atomic E-state index is 0.0805. The number of nitrogens with zero attached hydrogens (tertiary/aromatic N) is 2. The lowest BCUT2D eigenvalue weighted by molar-refractivity contribution is -0.122. The van der Waals surface area contributed by atoms with E-state index in [2.05, 4.69) is 31.5 Å². The van der Waals surface area contributed by atoms with Gasteiger partial charge in [-0.25, -0.2) is 4.98 Å². The van der Waals surface area contributed by atoms with Crippen LogP contribution in [0, 0.1) is 0 Å². The zero-order valence-electron chi connectivity index (χ0n) is 14.8. The second-order valence-corrected chi connectivity index (χ2v) is 7.52. The molecule has 1 unspecified atom stereocenters. The first-order valence-corrected chi connectivity index (χ1v) is 9.97. The van der Waals surface area contributed by atoms with Crippen LogP contribution in [0.15, 0.2) is 52.0 Å². The predicted octanol–water partition coefficient (Wildman–Crippen LogP) is 3.46. The van der Waals surface area contributed by atoms with Crippen molar-refractivity contribution in [2.75, 3.05) is 30.5 Å². The van der Waals surface area contributed by atoms with Gasteiger partial charge in [-0.3, -0.25) is 14.5 Å². The predicted molar refractivity (Wildman–Crippen MR) is 110 cm³/mol. The molecule has 0 aliphatic rings. The third-order valence-electron chi connectivity index (χ3n) is 3.77. The normalized spacial score (nSPS) is 11.9. The first-order valence-electron chi connectivity index (χ1n) is 7.95. The molecule has 6 nitrogen and oxygen atoms in total. The average molecular weight is 437 g/mol. The number of anilines is 2. The number of carbonyl (C=O) groups excluding carboxylic acids is 2. The molecule has 1 aromatic carbocycles. The summed E-state index contributed by atoms with van der Waals surface area (Å²) in [7, 11) is 1.73. The van der Waals surface area contributed by atoms with Crippen LogP contribution in [-0.2, 0) is 9.59 Å². The number of amides is 2. The summed E-state index contributed by atoms with van der Waals surface area (Å²) in [6, 6.07) is 10.7. The van der Waals surface area contributed by atoms with Crippen molar-refractivity contribution in [2.24, 2.45) is 0 Å². The Labute approximate surface area is 165 Å². The van der Waals surface area contributed by atoms with Crippen LogP contribution in [0.3, 0.4) is 0 Å². The van der Waals surface area contributed by atoms with Gasteiger partial charge in [-0.05, 0) is 66.5 Å². The molecule has 0 saturated carbocycles. The second-order valence-electron chi connectivity index (χ2n) is 5.72. The zero-order chi connectivity index (χ0) is 19.1. The molecule has 0 saturated heterocycles. The molecule has 0 fully saturated rings. The van der Waals surface area contributed by atoms with Crippen molar-refractivity contribution >= 4 is 51.0 Å². The van der Waals surface area contributed by atoms with E-state index in [1.54, 1.807) is 49.0 Å². The molecule has 2 N–H and O–H groups in total. The van der Waals surface area contributed by atoms with E-state index >= 15 is 0 Å². The van der Waals surface area contributed by atoms with Crippen molar-refractivity contribution in [1.29, 1.82) is 0 Å². The molecule has 2 aromatic rings. The Hall–Kier alpha value is -1.90. The van der Waals surface area contributed by atoms with Crippen LogP contribution in [0.1, 0.15) is 6.92 Å². The Kier molecular flexibility index (Phi) is 7.62. The van der Waals surface area contributed by atoms with E-state index in [4.69, 9.17) is 0 Å². The summed E-state index contributed by atoms with van der Waals surface area (Å²) in [4.78, 5) is 31.4. The van der Waals surface area contributed by atoms with Gasteiger partial charge in [-0.15, -0.1) is 11.8 Å². The zero-order valence-corrected chi connectivity index (χ0v) is 17.2. The summed E-state index contributed by atoms with van der Waals surface area (Å²) in [5.41, 5.74) is 0.741. The van der Waals surface area contributed by atoms with Crippen LogP contribution in [0.5, 0.6) is 0 Å². The number of hydrogen-bond donors (Lipinski definition) is 2. The number of aromatic nitrogens is 1. The third kappa shape index (κ3) is 6.12. The number of nitrogens with one attached hydrogen (secondary N) is 2. The molecule has 0 radical (unpaired) electrons. The molecule has 1 atom stereocenters. The molecule has 138 valence electrons. The highest BCUT2D eigenvalue weighted by Gasteiger charge is 2.20. The number of benzene rings is 1. The van der Waals surface area contributed by atoms with Crippen LogP contribution in [-0.4, -0.2) is 47.6 Å². The molecule has 0 aliphatic carbocycles. The van der Waals surface area contributed by atoms with Crippen LogP contribution in [0.4, 0.5) is 11.5 Å². The molecule has 0 aliphatic heterocycles. The van der Waals surface area contributed by atoms with Gasteiger partial charge < -0.3 is 10.6 Å². The molecule has 2 amide bonds. The maximum Gasteiger partial charge on any atom is 0.241 e. The van der Waals surface area contributed by atoms with Gasteiger partial charge >= 0.3 is 0 Å². The summed E-state index contributed by atoms with van der Waals surface area (Å²) >= 11 is 4.91. The fourth-order valence-electron chi connectivity index (χ4n) is 2.14. The summed E-state index contributed by atoms with van der Waals surface area (Å²) in [5.74, 6) is 0.0734. The topological polar surface area (TPSA) is 74.3 Å². The number of thioether (sulfide) groups is 1. The number of halogens is 1. The van der Waals surface area contributed by atoms with Crippen LogP contribution in [0.2, 0.25) is 0 Å². The summed E-state index contributed by atoms with van der Waals surface area (Å²) in [6.07, 6.45) is 3.59. The van der Waals surface area contributed by atoms with Gasteiger partial charge in [0.25, 0.3) is 0 Å². The highest BCUT2D eigenvalue weighted by molar-refractivity contribution is 9.10. The van der Waals surface area contributed by atoms with E-state index in [0.29, 0.717) is 5.82 Å². The van der Waals surface area contributed by atoms with E-state index in [-0.39, 0.29) is 18.4 Å².